The molecule has 0 radical (unpaired) electrons. The molecule has 2 fully saturated rings. The summed E-state index contributed by atoms with van der Waals surface area (Å²) in [5.41, 5.74) is -0.876. The summed E-state index contributed by atoms with van der Waals surface area (Å²) in [5, 5.41) is 6.15. The standard InChI is InChI=1S/C30H31F2N3O6/c1-30(29(38)33-13-20-22(39-2)11-10-21(31)24(20)32)15-40-25-19-9-8-17(27(36)34-18-4-3-5-18)12-23(19)41-26(25)28(37)35(30)14-16-6-7-16/h8-12,16,18H,3-7,13-15H2,1-2H3,(H,33,38)(H,34,36). The largest absolute Gasteiger partial charge is 0.496 e. The summed E-state index contributed by atoms with van der Waals surface area (Å²) in [6.45, 7) is 1.32. The van der Waals surface area contributed by atoms with Crippen LogP contribution in [0.4, 0.5) is 8.78 Å². The van der Waals surface area contributed by atoms with Crippen molar-refractivity contribution in [3.63, 3.8) is 0 Å². The van der Waals surface area contributed by atoms with E-state index in [-0.39, 0.29) is 53.8 Å². The van der Waals surface area contributed by atoms with E-state index in [1.807, 2.05) is 0 Å². The molecule has 0 saturated heterocycles. The number of ether oxygens (including phenoxy) is 2. The molecule has 2 N–H and O–H groups in total. The molecular weight excluding hydrogens is 536 g/mol. The number of benzene rings is 2. The zero-order valence-electron chi connectivity index (χ0n) is 22.9. The third kappa shape index (κ3) is 4.87. The van der Waals surface area contributed by atoms with Crippen LogP contribution < -0.4 is 20.1 Å². The van der Waals surface area contributed by atoms with Crippen LogP contribution in [0.25, 0.3) is 11.0 Å². The molecule has 41 heavy (non-hydrogen) atoms. The first-order valence-electron chi connectivity index (χ1n) is 13.8. The van der Waals surface area contributed by atoms with E-state index in [1.165, 1.54) is 18.1 Å². The molecular formula is C30H31F2N3O6. The summed E-state index contributed by atoms with van der Waals surface area (Å²) >= 11 is 0. The highest BCUT2D eigenvalue weighted by Crippen LogP contribution is 2.41. The number of amides is 3. The number of hydrogen-bond donors (Lipinski definition) is 2. The van der Waals surface area contributed by atoms with Crippen molar-refractivity contribution in [3.05, 3.63) is 58.9 Å². The average Bonchev–Trinajstić information content (AvgIpc) is 3.71. The van der Waals surface area contributed by atoms with Gasteiger partial charge in [0.05, 0.1) is 18.1 Å². The van der Waals surface area contributed by atoms with Gasteiger partial charge in [0, 0.05) is 24.7 Å². The molecule has 216 valence electrons. The number of carbonyl (C=O) groups excluding carboxylic acids is 3. The summed E-state index contributed by atoms with van der Waals surface area (Å²) in [6, 6.07) is 7.32. The third-order valence-electron chi connectivity index (χ3n) is 8.31. The fourth-order valence-electron chi connectivity index (χ4n) is 5.28. The lowest BCUT2D eigenvalue weighted by Crippen LogP contribution is -2.61. The van der Waals surface area contributed by atoms with Gasteiger partial charge in [-0.3, -0.25) is 14.4 Å². The Kier molecular flexibility index (Phi) is 6.83. The minimum atomic E-state index is -1.48. The van der Waals surface area contributed by atoms with E-state index in [9.17, 15) is 23.2 Å². The number of rotatable bonds is 8. The zero-order chi connectivity index (χ0) is 28.9. The number of nitrogens with one attached hydrogen (secondary N) is 2. The Morgan fingerprint density at radius 2 is 1.93 bits per heavy atom. The second-order valence-electron chi connectivity index (χ2n) is 11.2. The second kappa shape index (κ2) is 10.4. The van der Waals surface area contributed by atoms with Gasteiger partial charge in [-0.1, -0.05) is 0 Å². The van der Waals surface area contributed by atoms with Crippen molar-refractivity contribution in [2.24, 2.45) is 5.92 Å². The van der Waals surface area contributed by atoms with Crippen LogP contribution in [-0.4, -0.2) is 54.5 Å². The van der Waals surface area contributed by atoms with Gasteiger partial charge in [0.1, 0.15) is 17.9 Å². The van der Waals surface area contributed by atoms with E-state index in [4.69, 9.17) is 13.9 Å². The highest BCUT2D eigenvalue weighted by Gasteiger charge is 2.49. The lowest BCUT2D eigenvalue weighted by atomic mass is 9.93. The molecule has 0 spiro atoms. The predicted octanol–water partition coefficient (Wildman–Crippen LogP) is 4.32. The van der Waals surface area contributed by atoms with Crippen LogP contribution in [0.3, 0.4) is 0 Å². The van der Waals surface area contributed by atoms with Crippen LogP contribution in [0.1, 0.15) is 65.5 Å². The second-order valence-corrected chi connectivity index (χ2v) is 11.2. The van der Waals surface area contributed by atoms with E-state index in [2.05, 4.69) is 10.6 Å². The van der Waals surface area contributed by atoms with Gasteiger partial charge >= 0.3 is 0 Å². The minimum absolute atomic E-state index is 0.0495. The van der Waals surface area contributed by atoms with Gasteiger partial charge in [0.15, 0.2) is 22.9 Å². The molecule has 1 atom stereocenters. The predicted molar refractivity (Wildman–Crippen MR) is 144 cm³/mol. The van der Waals surface area contributed by atoms with Crippen LogP contribution in [0.15, 0.2) is 34.7 Å². The quantitative estimate of drug-likeness (QED) is 0.420. The Labute approximate surface area is 235 Å². The van der Waals surface area contributed by atoms with E-state index in [0.717, 1.165) is 38.2 Å². The van der Waals surface area contributed by atoms with Gasteiger partial charge in [-0.15, -0.1) is 0 Å². The summed E-state index contributed by atoms with van der Waals surface area (Å²) in [5.74, 6) is -3.05. The molecule has 2 saturated carbocycles. The van der Waals surface area contributed by atoms with Crippen molar-refractivity contribution >= 4 is 28.7 Å². The third-order valence-corrected chi connectivity index (χ3v) is 8.31. The first-order valence-corrected chi connectivity index (χ1v) is 13.8. The van der Waals surface area contributed by atoms with Gasteiger partial charge in [-0.25, -0.2) is 8.78 Å². The molecule has 3 aliphatic rings. The highest BCUT2D eigenvalue weighted by molar-refractivity contribution is 6.06. The molecule has 1 aromatic heterocycles. The maximum absolute atomic E-state index is 14.5. The van der Waals surface area contributed by atoms with Crippen LogP contribution >= 0.6 is 0 Å². The van der Waals surface area contributed by atoms with Crippen molar-refractivity contribution < 1.29 is 37.1 Å². The highest BCUT2D eigenvalue weighted by atomic mass is 19.2. The Morgan fingerprint density at radius 3 is 2.61 bits per heavy atom. The number of nitrogens with zero attached hydrogens (tertiary/aromatic N) is 1. The molecule has 1 aliphatic heterocycles. The summed E-state index contributed by atoms with van der Waals surface area (Å²) in [4.78, 5) is 41.7. The number of halogens is 2. The first kappa shape index (κ1) is 27.0. The molecule has 9 nitrogen and oxygen atoms in total. The average molecular weight is 568 g/mol. The van der Waals surface area contributed by atoms with Crippen LogP contribution in [0.2, 0.25) is 0 Å². The van der Waals surface area contributed by atoms with Gasteiger partial charge in [-0.2, -0.15) is 0 Å². The van der Waals surface area contributed by atoms with Crippen molar-refractivity contribution in [2.45, 2.75) is 57.2 Å². The monoisotopic (exact) mass is 567 g/mol. The molecule has 2 aliphatic carbocycles. The van der Waals surface area contributed by atoms with Crippen molar-refractivity contribution in [1.29, 1.82) is 0 Å². The number of carbonyl (C=O) groups is 3. The number of furan rings is 1. The SMILES string of the molecule is COc1ccc(F)c(F)c1CNC(=O)C1(C)COc2c(oc3cc(C(=O)NC4CCC4)ccc23)C(=O)N1CC1CC1. The summed E-state index contributed by atoms with van der Waals surface area (Å²) in [7, 11) is 1.32. The first-order chi connectivity index (χ1) is 19.7. The van der Waals surface area contributed by atoms with E-state index in [1.54, 1.807) is 25.1 Å². The van der Waals surface area contributed by atoms with Crippen LogP contribution in [0, 0.1) is 17.6 Å². The topological polar surface area (TPSA) is 110 Å². The van der Waals surface area contributed by atoms with E-state index < -0.39 is 29.0 Å². The lowest BCUT2D eigenvalue weighted by molar-refractivity contribution is -0.133. The fourth-order valence-corrected chi connectivity index (χ4v) is 5.28. The van der Waals surface area contributed by atoms with Gasteiger partial charge in [-0.05, 0) is 75.3 Å². The summed E-state index contributed by atoms with van der Waals surface area (Å²) < 4.78 is 45.7. The lowest BCUT2D eigenvalue weighted by Gasteiger charge is -2.37. The molecule has 2 aromatic carbocycles. The van der Waals surface area contributed by atoms with Gasteiger partial charge < -0.3 is 29.4 Å². The number of fused-ring (bicyclic) bond motifs is 3. The Bertz CT molecular complexity index is 1550. The smallest absolute Gasteiger partial charge is 0.294 e. The fraction of sp³-hybridized carbons (Fsp3) is 0.433. The van der Waals surface area contributed by atoms with Gasteiger partial charge in [0.25, 0.3) is 11.8 Å². The summed E-state index contributed by atoms with van der Waals surface area (Å²) in [6.07, 6.45) is 4.85. The van der Waals surface area contributed by atoms with Crippen LogP contribution in [-0.2, 0) is 11.3 Å². The Morgan fingerprint density at radius 1 is 1.15 bits per heavy atom. The Balaban J connectivity index is 1.28. The minimum Gasteiger partial charge on any atom is -0.496 e. The van der Waals surface area contributed by atoms with E-state index in [0.29, 0.717) is 23.1 Å². The normalized spacial score (nSPS) is 20.6. The van der Waals surface area contributed by atoms with Crippen LogP contribution in [0.5, 0.6) is 11.5 Å². The molecule has 0 bridgehead atoms. The zero-order valence-corrected chi connectivity index (χ0v) is 22.9. The molecule has 3 amide bonds. The molecule has 6 rings (SSSR count). The van der Waals surface area contributed by atoms with E-state index >= 15 is 0 Å². The maximum Gasteiger partial charge on any atom is 0.294 e. The van der Waals surface area contributed by atoms with Crippen molar-refractivity contribution in [3.8, 4) is 11.5 Å². The molecule has 1 unspecified atom stereocenters. The number of hydrogen-bond acceptors (Lipinski definition) is 6. The van der Waals surface area contributed by atoms with Crippen molar-refractivity contribution in [2.75, 3.05) is 20.3 Å². The maximum atomic E-state index is 14.5. The Hall–Kier alpha value is -4.15. The van der Waals surface area contributed by atoms with Crippen molar-refractivity contribution in [1.82, 2.24) is 15.5 Å². The molecule has 11 heteroatoms. The number of methoxy groups -OCH3 is 1. The molecule has 2 heterocycles. The molecule has 3 aromatic rings. The van der Waals surface area contributed by atoms with Gasteiger partial charge in [0.2, 0.25) is 11.7 Å².